The minimum atomic E-state index is -0.496. The molecule has 2 amide bonds. The summed E-state index contributed by atoms with van der Waals surface area (Å²) in [6.45, 7) is 3.20. The molecule has 7 heteroatoms. The van der Waals surface area contributed by atoms with Crippen LogP contribution in [0.25, 0.3) is 0 Å². The van der Waals surface area contributed by atoms with Gasteiger partial charge in [-0.1, -0.05) is 12.6 Å². The first-order valence-corrected chi connectivity index (χ1v) is 6.72. The molecule has 0 unspecified atom stereocenters. The van der Waals surface area contributed by atoms with Crippen molar-refractivity contribution in [2.24, 2.45) is 0 Å². The Bertz CT molecular complexity index is 731. The van der Waals surface area contributed by atoms with E-state index in [0.717, 1.165) is 11.0 Å². The van der Waals surface area contributed by atoms with E-state index in [1.165, 1.54) is 12.4 Å². The molecule has 23 heavy (non-hydrogen) atoms. The number of aldehydes is 1. The van der Waals surface area contributed by atoms with E-state index in [1.54, 1.807) is 30.3 Å². The van der Waals surface area contributed by atoms with Gasteiger partial charge in [0.2, 0.25) is 0 Å². The average molecular weight is 310 g/mol. The second-order valence-corrected chi connectivity index (χ2v) is 4.36. The number of rotatable bonds is 6. The highest BCUT2D eigenvalue weighted by Crippen LogP contribution is 2.23. The first-order chi connectivity index (χ1) is 11.2. The van der Waals surface area contributed by atoms with E-state index in [9.17, 15) is 14.4 Å². The maximum absolute atomic E-state index is 12.2. The normalized spacial score (nSPS) is 9.74. The fraction of sp³-hybridized carbons (Fsp3) is 0.0625. The summed E-state index contributed by atoms with van der Waals surface area (Å²) < 4.78 is 0. The van der Waals surface area contributed by atoms with Crippen LogP contribution in [0.5, 0.6) is 0 Å². The Hall–Kier alpha value is -3.35. The second kappa shape index (κ2) is 7.60. The van der Waals surface area contributed by atoms with Gasteiger partial charge in [0.1, 0.15) is 12.0 Å². The van der Waals surface area contributed by atoms with Crippen molar-refractivity contribution in [1.82, 2.24) is 9.97 Å². The maximum atomic E-state index is 12.2. The smallest absolute Gasteiger partial charge is 0.274 e. The van der Waals surface area contributed by atoms with Crippen molar-refractivity contribution in [3.8, 4) is 0 Å². The largest absolute Gasteiger partial charge is 0.317 e. The summed E-state index contributed by atoms with van der Waals surface area (Å²) in [6, 6.07) is 8.13. The molecular formula is C16H14N4O3. The van der Waals surface area contributed by atoms with Crippen molar-refractivity contribution in [2.75, 3.05) is 16.8 Å². The second-order valence-electron chi connectivity index (χ2n) is 4.36. The number of carbonyl (C=O) groups excluding carboxylic acids is 3. The third kappa shape index (κ3) is 3.85. The van der Waals surface area contributed by atoms with Gasteiger partial charge in [-0.25, -0.2) is 4.98 Å². The first-order valence-electron chi connectivity index (χ1n) is 6.72. The van der Waals surface area contributed by atoms with Gasteiger partial charge in [0.15, 0.2) is 5.82 Å². The molecule has 2 aromatic rings. The standard InChI is InChI=1S/C16H14N4O3/c1-2-14(22)20(10-11-21)15-12(7-5-9-18-15)19-16(23)13-6-3-4-8-17-13/h2-9,11H,1,10H2,(H,19,23). The summed E-state index contributed by atoms with van der Waals surface area (Å²) in [7, 11) is 0. The Morgan fingerprint density at radius 2 is 1.96 bits per heavy atom. The Morgan fingerprint density at radius 1 is 1.17 bits per heavy atom. The van der Waals surface area contributed by atoms with Gasteiger partial charge >= 0.3 is 0 Å². The van der Waals surface area contributed by atoms with Crippen LogP contribution in [0.15, 0.2) is 55.4 Å². The minimum Gasteiger partial charge on any atom is -0.317 e. The van der Waals surface area contributed by atoms with Crippen LogP contribution in [0.3, 0.4) is 0 Å². The van der Waals surface area contributed by atoms with Crippen molar-refractivity contribution in [3.05, 3.63) is 61.1 Å². The summed E-state index contributed by atoms with van der Waals surface area (Å²) >= 11 is 0. The molecule has 2 aromatic heterocycles. The number of pyridine rings is 2. The molecule has 0 saturated heterocycles. The molecule has 2 heterocycles. The van der Waals surface area contributed by atoms with Crippen LogP contribution in [-0.2, 0) is 9.59 Å². The van der Waals surface area contributed by atoms with Crippen LogP contribution in [0.2, 0.25) is 0 Å². The first kappa shape index (κ1) is 16.0. The van der Waals surface area contributed by atoms with Crippen molar-refractivity contribution >= 4 is 29.6 Å². The van der Waals surface area contributed by atoms with E-state index in [0.29, 0.717) is 12.0 Å². The minimum absolute atomic E-state index is 0.161. The lowest BCUT2D eigenvalue weighted by Gasteiger charge is -2.20. The van der Waals surface area contributed by atoms with E-state index in [1.807, 2.05) is 0 Å². The lowest BCUT2D eigenvalue weighted by molar-refractivity contribution is -0.116. The van der Waals surface area contributed by atoms with Crippen LogP contribution in [0.1, 0.15) is 10.5 Å². The van der Waals surface area contributed by atoms with Crippen LogP contribution in [0.4, 0.5) is 11.5 Å². The van der Waals surface area contributed by atoms with Gasteiger partial charge in [-0.05, 0) is 30.3 Å². The highest BCUT2D eigenvalue weighted by Gasteiger charge is 2.19. The zero-order valence-electron chi connectivity index (χ0n) is 12.2. The highest BCUT2D eigenvalue weighted by atomic mass is 16.2. The number of hydrogen-bond acceptors (Lipinski definition) is 5. The molecular weight excluding hydrogens is 296 g/mol. The molecule has 0 saturated carbocycles. The predicted octanol–water partition coefficient (Wildman–Crippen LogP) is 1.45. The molecule has 2 rings (SSSR count). The molecule has 0 aliphatic rings. The Balaban J connectivity index is 2.33. The molecule has 0 fully saturated rings. The van der Waals surface area contributed by atoms with Crippen molar-refractivity contribution in [2.45, 2.75) is 0 Å². The fourth-order valence-electron chi connectivity index (χ4n) is 1.86. The lowest BCUT2D eigenvalue weighted by Crippen LogP contribution is -2.32. The van der Waals surface area contributed by atoms with Crippen LogP contribution < -0.4 is 10.2 Å². The molecule has 0 spiro atoms. The lowest BCUT2D eigenvalue weighted by atomic mass is 10.3. The fourth-order valence-corrected chi connectivity index (χ4v) is 1.86. The number of hydrogen-bond donors (Lipinski definition) is 1. The van der Waals surface area contributed by atoms with Gasteiger partial charge in [0.25, 0.3) is 11.8 Å². The van der Waals surface area contributed by atoms with Gasteiger partial charge in [0, 0.05) is 12.4 Å². The predicted molar refractivity (Wildman–Crippen MR) is 85.0 cm³/mol. The van der Waals surface area contributed by atoms with Crippen molar-refractivity contribution in [1.29, 1.82) is 0 Å². The number of anilines is 2. The SMILES string of the molecule is C=CC(=O)N(CC=O)c1ncccc1NC(=O)c1ccccn1. The molecule has 1 N–H and O–H groups in total. The molecule has 0 atom stereocenters. The molecule has 0 aliphatic carbocycles. The molecule has 7 nitrogen and oxygen atoms in total. The average Bonchev–Trinajstić information content (AvgIpc) is 2.60. The molecule has 0 radical (unpaired) electrons. The third-order valence-corrected chi connectivity index (χ3v) is 2.89. The Kier molecular flexibility index (Phi) is 5.30. The van der Waals surface area contributed by atoms with E-state index < -0.39 is 11.8 Å². The number of nitrogens with one attached hydrogen (secondary N) is 1. The Morgan fingerprint density at radius 3 is 2.61 bits per heavy atom. The van der Waals surface area contributed by atoms with E-state index in [4.69, 9.17) is 0 Å². The maximum Gasteiger partial charge on any atom is 0.274 e. The van der Waals surface area contributed by atoms with Crippen LogP contribution in [0, 0.1) is 0 Å². The number of amides is 2. The number of aromatic nitrogens is 2. The highest BCUT2D eigenvalue weighted by molar-refractivity contribution is 6.08. The summed E-state index contributed by atoms with van der Waals surface area (Å²) in [5.41, 5.74) is 0.513. The van der Waals surface area contributed by atoms with Crippen molar-refractivity contribution in [3.63, 3.8) is 0 Å². The van der Waals surface area contributed by atoms with E-state index >= 15 is 0 Å². The zero-order valence-corrected chi connectivity index (χ0v) is 12.2. The Labute approximate surface area is 132 Å². The van der Waals surface area contributed by atoms with Crippen molar-refractivity contribution < 1.29 is 14.4 Å². The summed E-state index contributed by atoms with van der Waals surface area (Å²) in [4.78, 5) is 44.0. The van der Waals surface area contributed by atoms with Gasteiger partial charge in [0.05, 0.1) is 12.2 Å². The van der Waals surface area contributed by atoms with Crippen LogP contribution >= 0.6 is 0 Å². The van der Waals surface area contributed by atoms with E-state index in [-0.39, 0.29) is 18.1 Å². The van der Waals surface area contributed by atoms with Gasteiger partial charge in [-0.2, -0.15) is 0 Å². The monoisotopic (exact) mass is 310 g/mol. The molecule has 0 aromatic carbocycles. The number of nitrogens with zero attached hydrogens (tertiary/aromatic N) is 3. The van der Waals surface area contributed by atoms with E-state index in [2.05, 4.69) is 21.9 Å². The summed E-state index contributed by atoms with van der Waals surface area (Å²) in [5.74, 6) is -0.783. The molecule has 0 aliphatic heterocycles. The molecule has 0 bridgehead atoms. The number of carbonyl (C=O) groups is 3. The molecule has 116 valence electrons. The van der Waals surface area contributed by atoms with Gasteiger partial charge in [-0.15, -0.1) is 0 Å². The van der Waals surface area contributed by atoms with Gasteiger partial charge in [-0.3, -0.25) is 19.5 Å². The topological polar surface area (TPSA) is 92.3 Å². The van der Waals surface area contributed by atoms with Gasteiger partial charge < -0.3 is 10.1 Å². The quantitative estimate of drug-likeness (QED) is 0.644. The van der Waals surface area contributed by atoms with Crippen LogP contribution in [-0.4, -0.2) is 34.6 Å². The zero-order chi connectivity index (χ0) is 16.7. The summed E-state index contributed by atoms with van der Waals surface area (Å²) in [5, 5.41) is 2.64. The third-order valence-electron chi connectivity index (χ3n) is 2.89. The summed E-state index contributed by atoms with van der Waals surface area (Å²) in [6.07, 6.45) is 4.60.